The summed E-state index contributed by atoms with van der Waals surface area (Å²) in [6, 6.07) is 7.59. The fourth-order valence-corrected chi connectivity index (χ4v) is 5.74. The summed E-state index contributed by atoms with van der Waals surface area (Å²) in [5.41, 5.74) is 1.03. The molecule has 0 spiro atoms. The summed E-state index contributed by atoms with van der Waals surface area (Å²) < 4.78 is 9.89. The third kappa shape index (κ3) is 2.57. The highest BCUT2D eigenvalue weighted by molar-refractivity contribution is 7.25. The third-order valence-corrected chi connectivity index (χ3v) is 7.06. The van der Waals surface area contributed by atoms with Gasteiger partial charge in [0.15, 0.2) is 0 Å². The van der Waals surface area contributed by atoms with Crippen LogP contribution in [0.4, 0.5) is 0 Å². The van der Waals surface area contributed by atoms with Gasteiger partial charge in [0.2, 0.25) is 6.33 Å². The molecule has 4 aromatic rings. The summed E-state index contributed by atoms with van der Waals surface area (Å²) in [6.45, 7) is 2.72. The Hall–Kier alpha value is -2.05. The molecule has 0 aliphatic heterocycles. The van der Waals surface area contributed by atoms with E-state index in [2.05, 4.69) is 53.7 Å². The molecular weight excluding hydrogens is 356 g/mol. The highest BCUT2D eigenvalue weighted by atomic mass is 32.1. The van der Waals surface area contributed by atoms with Crippen LogP contribution in [0.15, 0.2) is 24.5 Å². The van der Waals surface area contributed by atoms with E-state index < -0.39 is 0 Å². The Morgan fingerprint density at radius 1 is 1.15 bits per heavy atom. The number of rotatable bonds is 4. The van der Waals surface area contributed by atoms with Gasteiger partial charge in [-0.3, -0.25) is 0 Å². The molecule has 0 bridgehead atoms. The normalized spacial score (nSPS) is 21.0. The largest absolute Gasteiger partial charge is 0.462 e. The van der Waals surface area contributed by atoms with Crippen molar-refractivity contribution in [2.24, 2.45) is 0 Å². The first-order valence-electron chi connectivity index (χ1n) is 9.81. The first-order chi connectivity index (χ1) is 13.2. The second kappa shape index (κ2) is 6.53. The van der Waals surface area contributed by atoms with E-state index in [9.17, 15) is 0 Å². The Bertz CT molecular complexity index is 1100. The molecule has 0 radical (unpaired) electrons. The van der Waals surface area contributed by atoms with Crippen molar-refractivity contribution in [1.29, 1.82) is 0 Å². The highest BCUT2D eigenvalue weighted by Gasteiger charge is 2.34. The van der Waals surface area contributed by atoms with Gasteiger partial charge in [-0.1, -0.05) is 6.07 Å². The van der Waals surface area contributed by atoms with Crippen LogP contribution in [-0.4, -0.2) is 41.6 Å². The van der Waals surface area contributed by atoms with Crippen LogP contribution in [0.1, 0.15) is 38.6 Å². The van der Waals surface area contributed by atoms with E-state index in [0.29, 0.717) is 18.7 Å². The summed E-state index contributed by atoms with van der Waals surface area (Å²) in [4.78, 5) is 12.7. The van der Waals surface area contributed by atoms with Crippen LogP contribution in [0.2, 0.25) is 0 Å². The molecule has 1 saturated carbocycles. The molecule has 1 fully saturated rings. The zero-order valence-electron chi connectivity index (χ0n) is 16.1. The first kappa shape index (κ1) is 17.1. The standard InChI is InChI=1S/C21H25N4OS/c1-4-26-21-15-6-5-7-16-17(15)18-19(22-12-23-20(18)27-16)25(21)14-10-8-13(9-11-14)24(2)3/h5-7,12-14H,4,8-11H2,1-3H3/q+1. The summed E-state index contributed by atoms with van der Waals surface area (Å²) in [5, 5.41) is 3.65. The number of ether oxygens (including phenoxy) is 1. The molecule has 0 unspecified atom stereocenters. The average Bonchev–Trinajstić information content (AvgIpc) is 3.07. The molecule has 5 rings (SSSR count). The van der Waals surface area contributed by atoms with Crippen LogP contribution in [0.3, 0.4) is 0 Å². The summed E-state index contributed by atoms with van der Waals surface area (Å²) >= 11 is 1.75. The molecule has 140 valence electrons. The van der Waals surface area contributed by atoms with Gasteiger partial charge in [-0.15, -0.1) is 11.3 Å². The zero-order valence-corrected chi connectivity index (χ0v) is 16.9. The van der Waals surface area contributed by atoms with Gasteiger partial charge in [-0.25, -0.2) is 4.98 Å². The van der Waals surface area contributed by atoms with E-state index in [-0.39, 0.29) is 0 Å². The number of thiophene rings is 1. The molecule has 0 amide bonds. The minimum atomic E-state index is 0.421. The van der Waals surface area contributed by atoms with Crippen molar-refractivity contribution >= 4 is 42.7 Å². The molecule has 5 nitrogen and oxygen atoms in total. The minimum Gasteiger partial charge on any atom is -0.462 e. The van der Waals surface area contributed by atoms with E-state index in [1.165, 1.54) is 33.7 Å². The van der Waals surface area contributed by atoms with Gasteiger partial charge >= 0.3 is 5.65 Å². The van der Waals surface area contributed by atoms with E-state index in [4.69, 9.17) is 9.72 Å². The lowest BCUT2D eigenvalue weighted by Crippen LogP contribution is -2.46. The predicted octanol–water partition coefficient (Wildman–Crippen LogP) is 4.17. The first-order valence-corrected chi connectivity index (χ1v) is 10.6. The van der Waals surface area contributed by atoms with Crippen molar-refractivity contribution in [2.45, 2.75) is 44.7 Å². The van der Waals surface area contributed by atoms with Gasteiger partial charge in [0, 0.05) is 16.1 Å². The van der Waals surface area contributed by atoms with E-state index in [1.54, 1.807) is 17.7 Å². The maximum atomic E-state index is 6.25. The maximum absolute atomic E-state index is 6.25. The van der Waals surface area contributed by atoms with Crippen molar-refractivity contribution in [3.8, 4) is 5.88 Å². The Kier molecular flexibility index (Phi) is 4.13. The molecule has 3 aromatic heterocycles. The van der Waals surface area contributed by atoms with E-state index in [1.807, 2.05) is 0 Å². The van der Waals surface area contributed by atoms with Gasteiger partial charge in [-0.05, 0) is 63.8 Å². The van der Waals surface area contributed by atoms with Crippen molar-refractivity contribution in [3.63, 3.8) is 0 Å². The Morgan fingerprint density at radius 2 is 1.96 bits per heavy atom. The molecule has 6 heteroatoms. The SMILES string of the molecule is CCOc1c2cccc3sc4ncnc(c4c32)[n+]1C1CCC(N(C)C)CC1. The molecule has 1 aliphatic rings. The monoisotopic (exact) mass is 381 g/mol. The lowest BCUT2D eigenvalue weighted by molar-refractivity contribution is -0.706. The van der Waals surface area contributed by atoms with Crippen LogP contribution in [-0.2, 0) is 0 Å². The quantitative estimate of drug-likeness (QED) is 0.393. The van der Waals surface area contributed by atoms with Gasteiger partial charge in [-0.2, -0.15) is 4.57 Å². The summed E-state index contributed by atoms with van der Waals surface area (Å²) in [5.74, 6) is 0.974. The maximum Gasteiger partial charge on any atom is 0.339 e. The van der Waals surface area contributed by atoms with Crippen molar-refractivity contribution < 1.29 is 9.30 Å². The smallest absolute Gasteiger partial charge is 0.339 e. The molecule has 0 atom stereocenters. The number of hydrogen-bond acceptors (Lipinski definition) is 5. The summed E-state index contributed by atoms with van der Waals surface area (Å²) in [6.07, 6.45) is 6.44. The van der Waals surface area contributed by atoms with Crippen LogP contribution in [0.5, 0.6) is 5.88 Å². The summed E-state index contributed by atoms with van der Waals surface area (Å²) in [7, 11) is 4.38. The van der Waals surface area contributed by atoms with Crippen molar-refractivity contribution in [1.82, 2.24) is 14.9 Å². The number of hydrogen-bond donors (Lipinski definition) is 0. The number of nitrogens with zero attached hydrogens (tertiary/aromatic N) is 4. The third-order valence-electron chi connectivity index (χ3n) is 6.00. The highest BCUT2D eigenvalue weighted by Crippen LogP contribution is 2.42. The lowest BCUT2D eigenvalue weighted by Gasteiger charge is -2.32. The van der Waals surface area contributed by atoms with Gasteiger partial charge in [0.25, 0.3) is 5.88 Å². The second-order valence-corrected chi connectivity index (χ2v) is 8.72. The zero-order chi connectivity index (χ0) is 18.5. The molecular formula is C21H25N4OS+. The molecule has 1 aromatic carbocycles. The molecule has 0 saturated heterocycles. The molecule has 27 heavy (non-hydrogen) atoms. The van der Waals surface area contributed by atoms with E-state index >= 15 is 0 Å². The second-order valence-electron chi connectivity index (χ2n) is 7.69. The van der Waals surface area contributed by atoms with Crippen molar-refractivity contribution in [3.05, 3.63) is 24.5 Å². The van der Waals surface area contributed by atoms with Crippen LogP contribution >= 0.6 is 11.3 Å². The number of pyridine rings is 1. The fraction of sp³-hybridized carbons (Fsp3) is 0.476. The Morgan fingerprint density at radius 3 is 2.70 bits per heavy atom. The molecule has 0 N–H and O–H groups in total. The fourth-order valence-electron chi connectivity index (χ4n) is 4.68. The predicted molar refractivity (Wildman–Crippen MR) is 110 cm³/mol. The van der Waals surface area contributed by atoms with Crippen molar-refractivity contribution in [2.75, 3.05) is 20.7 Å². The average molecular weight is 382 g/mol. The lowest BCUT2D eigenvalue weighted by atomic mass is 9.90. The Balaban J connectivity index is 1.76. The van der Waals surface area contributed by atoms with Crippen LogP contribution in [0.25, 0.3) is 31.3 Å². The number of benzene rings is 1. The Labute approximate surface area is 162 Å². The number of aromatic nitrogens is 3. The van der Waals surface area contributed by atoms with Gasteiger partial charge < -0.3 is 9.64 Å². The van der Waals surface area contributed by atoms with E-state index in [0.717, 1.165) is 29.2 Å². The van der Waals surface area contributed by atoms with Crippen LogP contribution < -0.4 is 9.30 Å². The topological polar surface area (TPSA) is 42.1 Å². The molecule has 3 heterocycles. The van der Waals surface area contributed by atoms with Crippen LogP contribution in [0, 0.1) is 0 Å². The minimum absolute atomic E-state index is 0.421. The van der Waals surface area contributed by atoms with Gasteiger partial charge in [0.05, 0.1) is 12.0 Å². The molecule has 1 aliphatic carbocycles. The van der Waals surface area contributed by atoms with Gasteiger partial charge in [0.1, 0.15) is 16.3 Å².